The number of piperidine rings is 1. The van der Waals surface area contributed by atoms with E-state index >= 15 is 0 Å². The zero-order valence-electron chi connectivity index (χ0n) is 17.2. The summed E-state index contributed by atoms with van der Waals surface area (Å²) >= 11 is 0. The highest BCUT2D eigenvalue weighted by molar-refractivity contribution is 5.98. The van der Waals surface area contributed by atoms with Gasteiger partial charge < -0.3 is 9.64 Å². The van der Waals surface area contributed by atoms with E-state index in [2.05, 4.69) is 20.4 Å². The second-order valence-electron chi connectivity index (χ2n) is 7.73. The van der Waals surface area contributed by atoms with E-state index in [1.165, 1.54) is 0 Å². The number of ether oxygens (including phenoxy) is 1. The molecule has 0 saturated carbocycles. The lowest BCUT2D eigenvalue weighted by Gasteiger charge is -2.31. The zero-order valence-corrected chi connectivity index (χ0v) is 17.2. The van der Waals surface area contributed by atoms with Crippen molar-refractivity contribution in [2.24, 2.45) is 7.05 Å². The first-order chi connectivity index (χ1) is 14.5. The average molecular weight is 405 g/mol. The van der Waals surface area contributed by atoms with Crippen molar-refractivity contribution in [1.82, 2.24) is 34.5 Å². The lowest BCUT2D eigenvalue weighted by molar-refractivity contribution is 0.0711. The van der Waals surface area contributed by atoms with Crippen LogP contribution in [0.3, 0.4) is 0 Å². The monoisotopic (exact) mass is 405 g/mol. The molecule has 3 aromatic heterocycles. The van der Waals surface area contributed by atoms with E-state index in [1.807, 2.05) is 53.7 Å². The Morgan fingerprint density at radius 3 is 2.67 bits per heavy atom. The molecular weight excluding hydrogens is 382 g/mol. The minimum absolute atomic E-state index is 0.0278. The maximum Gasteiger partial charge on any atom is 0.253 e. The summed E-state index contributed by atoms with van der Waals surface area (Å²) in [4.78, 5) is 15.0. The molecule has 1 aromatic carbocycles. The van der Waals surface area contributed by atoms with Gasteiger partial charge in [-0.2, -0.15) is 14.7 Å². The highest BCUT2D eigenvalue weighted by Crippen LogP contribution is 2.29. The number of benzene rings is 1. The topological polar surface area (TPSA) is 90.4 Å². The number of carbonyl (C=O) groups excluding carboxylic acids is 1. The summed E-state index contributed by atoms with van der Waals surface area (Å²) in [6.07, 6.45) is 1.67. The van der Waals surface area contributed by atoms with Crippen LogP contribution < -0.4 is 4.74 Å². The number of methoxy groups -OCH3 is 1. The smallest absolute Gasteiger partial charge is 0.253 e. The Kier molecular flexibility index (Phi) is 4.38. The van der Waals surface area contributed by atoms with E-state index in [0.717, 1.165) is 40.9 Å². The van der Waals surface area contributed by atoms with Crippen molar-refractivity contribution in [2.75, 3.05) is 20.2 Å². The molecular formula is C21H23N7O2. The van der Waals surface area contributed by atoms with Crippen LogP contribution in [-0.2, 0) is 7.05 Å². The number of carbonyl (C=O) groups is 1. The van der Waals surface area contributed by atoms with Crippen molar-refractivity contribution in [3.8, 4) is 5.88 Å². The summed E-state index contributed by atoms with van der Waals surface area (Å²) in [6, 6.07) is 9.45. The van der Waals surface area contributed by atoms with Gasteiger partial charge in [0.2, 0.25) is 5.88 Å². The SMILES string of the molecule is COc1c2ccc(C(=O)N3CCC(c4nnc5ccc(C)nn45)CC3)cc2nn1C. The van der Waals surface area contributed by atoms with Crippen LogP contribution in [0.4, 0.5) is 0 Å². The van der Waals surface area contributed by atoms with Crippen LogP contribution in [0.2, 0.25) is 0 Å². The molecule has 9 heteroatoms. The molecule has 4 aromatic rings. The number of rotatable bonds is 3. The number of aromatic nitrogens is 6. The molecule has 1 aliphatic heterocycles. The van der Waals surface area contributed by atoms with E-state index in [-0.39, 0.29) is 11.8 Å². The summed E-state index contributed by atoms with van der Waals surface area (Å²) in [5, 5.41) is 18.5. The maximum atomic E-state index is 13.1. The second-order valence-corrected chi connectivity index (χ2v) is 7.73. The van der Waals surface area contributed by atoms with Gasteiger partial charge in [0.15, 0.2) is 11.5 Å². The van der Waals surface area contributed by atoms with Gasteiger partial charge in [-0.15, -0.1) is 10.2 Å². The molecule has 9 nitrogen and oxygen atoms in total. The largest absolute Gasteiger partial charge is 0.481 e. The summed E-state index contributed by atoms with van der Waals surface area (Å²) in [7, 11) is 3.45. The van der Waals surface area contributed by atoms with Crippen molar-refractivity contribution in [3.63, 3.8) is 0 Å². The predicted octanol–water partition coefficient (Wildman–Crippen LogP) is 2.35. The Hall–Kier alpha value is -3.49. The van der Waals surface area contributed by atoms with Gasteiger partial charge in [0.05, 0.1) is 23.7 Å². The normalized spacial score (nSPS) is 15.2. The number of amides is 1. The molecule has 1 saturated heterocycles. The first-order valence-corrected chi connectivity index (χ1v) is 10.0. The standard InChI is InChI=1S/C21H23N7O2/c1-13-4-7-18-22-23-19(28(18)24-13)14-8-10-27(11-9-14)20(29)15-5-6-16-17(12-15)25-26(2)21(16)30-3/h4-7,12,14H,8-11H2,1-3H3. The molecule has 0 bridgehead atoms. The lowest BCUT2D eigenvalue weighted by atomic mass is 9.95. The van der Waals surface area contributed by atoms with Crippen LogP contribution in [0, 0.1) is 6.92 Å². The molecule has 0 radical (unpaired) electrons. The molecule has 154 valence electrons. The van der Waals surface area contributed by atoms with Gasteiger partial charge in [0, 0.05) is 31.6 Å². The van der Waals surface area contributed by atoms with Crippen LogP contribution in [0.1, 0.15) is 40.6 Å². The highest BCUT2D eigenvalue weighted by Gasteiger charge is 2.28. The molecule has 30 heavy (non-hydrogen) atoms. The van der Waals surface area contributed by atoms with Gasteiger partial charge in [0.1, 0.15) is 0 Å². The van der Waals surface area contributed by atoms with Gasteiger partial charge in [0.25, 0.3) is 5.91 Å². The Balaban J connectivity index is 1.33. The van der Waals surface area contributed by atoms with E-state index in [9.17, 15) is 4.79 Å². The van der Waals surface area contributed by atoms with E-state index in [4.69, 9.17) is 4.74 Å². The maximum absolute atomic E-state index is 13.1. The van der Waals surface area contributed by atoms with Crippen molar-refractivity contribution in [3.05, 3.63) is 47.4 Å². The Labute approximate surface area is 173 Å². The van der Waals surface area contributed by atoms with Gasteiger partial charge >= 0.3 is 0 Å². The Morgan fingerprint density at radius 2 is 1.90 bits per heavy atom. The molecule has 1 amide bonds. The highest BCUT2D eigenvalue weighted by atomic mass is 16.5. The first-order valence-electron chi connectivity index (χ1n) is 10.0. The van der Waals surface area contributed by atoms with Crippen LogP contribution in [0.15, 0.2) is 30.3 Å². The minimum atomic E-state index is 0.0278. The number of fused-ring (bicyclic) bond motifs is 2. The van der Waals surface area contributed by atoms with Crippen molar-refractivity contribution in [2.45, 2.75) is 25.7 Å². The fourth-order valence-electron chi connectivity index (χ4n) is 4.23. The molecule has 5 rings (SSSR count). The number of nitrogens with zero attached hydrogens (tertiary/aromatic N) is 7. The average Bonchev–Trinajstić information content (AvgIpc) is 3.32. The van der Waals surface area contributed by atoms with Crippen molar-refractivity contribution < 1.29 is 9.53 Å². The van der Waals surface area contributed by atoms with Crippen LogP contribution >= 0.6 is 0 Å². The molecule has 1 fully saturated rings. The van der Waals surface area contributed by atoms with Crippen molar-refractivity contribution >= 4 is 22.5 Å². The third-order valence-electron chi connectivity index (χ3n) is 5.79. The Bertz CT molecular complexity index is 1250. The number of aryl methyl sites for hydroxylation is 2. The number of likely N-dealkylation sites (tertiary alicyclic amines) is 1. The number of hydrogen-bond acceptors (Lipinski definition) is 6. The second kappa shape index (κ2) is 7.08. The summed E-state index contributed by atoms with van der Waals surface area (Å²) < 4.78 is 8.90. The molecule has 0 N–H and O–H groups in total. The molecule has 4 heterocycles. The number of hydrogen-bond donors (Lipinski definition) is 0. The van der Waals surface area contributed by atoms with Gasteiger partial charge in [-0.1, -0.05) is 0 Å². The summed E-state index contributed by atoms with van der Waals surface area (Å²) in [5.41, 5.74) is 3.09. The molecule has 1 aliphatic rings. The molecule has 0 aliphatic carbocycles. The molecule has 0 atom stereocenters. The van der Waals surface area contributed by atoms with Crippen LogP contribution in [-0.4, -0.2) is 60.6 Å². The van der Waals surface area contributed by atoms with Gasteiger partial charge in [-0.25, -0.2) is 4.68 Å². The summed E-state index contributed by atoms with van der Waals surface area (Å²) in [6.45, 7) is 3.31. The minimum Gasteiger partial charge on any atom is -0.481 e. The van der Waals surface area contributed by atoms with Crippen molar-refractivity contribution in [1.29, 1.82) is 0 Å². The van der Waals surface area contributed by atoms with Gasteiger partial charge in [-0.3, -0.25) is 4.79 Å². The Morgan fingerprint density at radius 1 is 1.10 bits per heavy atom. The fraction of sp³-hybridized carbons (Fsp3) is 0.381. The van der Waals surface area contributed by atoms with E-state index in [1.54, 1.807) is 11.8 Å². The quantitative estimate of drug-likeness (QED) is 0.520. The predicted molar refractivity (Wildman–Crippen MR) is 111 cm³/mol. The molecule has 0 spiro atoms. The summed E-state index contributed by atoms with van der Waals surface area (Å²) in [5.74, 6) is 1.83. The fourth-order valence-corrected chi connectivity index (χ4v) is 4.23. The first kappa shape index (κ1) is 18.5. The van der Waals surface area contributed by atoms with E-state index in [0.29, 0.717) is 24.5 Å². The van der Waals surface area contributed by atoms with Crippen LogP contribution in [0.25, 0.3) is 16.6 Å². The third kappa shape index (κ3) is 2.97. The van der Waals surface area contributed by atoms with E-state index < -0.39 is 0 Å². The van der Waals surface area contributed by atoms with Crippen LogP contribution in [0.5, 0.6) is 5.88 Å². The zero-order chi connectivity index (χ0) is 20.8. The van der Waals surface area contributed by atoms with Gasteiger partial charge in [-0.05, 0) is 50.1 Å². The third-order valence-corrected chi connectivity index (χ3v) is 5.79. The molecule has 0 unspecified atom stereocenters. The lowest BCUT2D eigenvalue weighted by Crippen LogP contribution is -2.38.